The van der Waals surface area contributed by atoms with Crippen molar-refractivity contribution in [3.05, 3.63) is 107 Å². The number of nitrogens with zero attached hydrogens (tertiary/aromatic N) is 1. The number of likely N-dealkylation sites (tertiary alicyclic amines) is 1. The second kappa shape index (κ2) is 14.0. The van der Waals surface area contributed by atoms with Crippen LogP contribution < -0.4 is 0 Å². The molecule has 1 atom stereocenters. The van der Waals surface area contributed by atoms with Gasteiger partial charge in [0.05, 0.1) is 6.10 Å². The van der Waals surface area contributed by atoms with Crippen molar-refractivity contribution in [2.45, 2.75) is 63.6 Å². The van der Waals surface area contributed by atoms with E-state index in [1.807, 2.05) is 36.4 Å². The van der Waals surface area contributed by atoms with E-state index in [1.165, 1.54) is 5.56 Å². The predicted molar refractivity (Wildman–Crippen MR) is 159 cm³/mol. The zero-order chi connectivity index (χ0) is 29.4. The molecule has 40 heavy (non-hydrogen) atoms. The molecule has 0 aromatic heterocycles. The number of aliphatic hydroxyl groups is 2. The summed E-state index contributed by atoms with van der Waals surface area (Å²) in [5.41, 5.74) is 3.41. The molecule has 0 saturated carbocycles. The molecule has 5 N–H and O–H groups in total. The van der Waals surface area contributed by atoms with Gasteiger partial charge in [-0.25, -0.2) is 4.57 Å². The van der Waals surface area contributed by atoms with Crippen LogP contribution in [0.15, 0.2) is 84.9 Å². The Kier molecular flexibility index (Phi) is 11.3. The minimum atomic E-state index is -4.64. The largest absolute Gasteiger partial charge is 0.466 e. The molecule has 1 fully saturated rings. The summed E-state index contributed by atoms with van der Waals surface area (Å²) in [6, 6.07) is 28.7. The minimum absolute atomic E-state index is 0.128. The van der Waals surface area contributed by atoms with Crippen LogP contribution in [0.5, 0.6) is 0 Å². The highest BCUT2D eigenvalue weighted by Crippen LogP contribution is 2.42. The monoisotopic (exact) mass is 569 g/mol. The summed E-state index contributed by atoms with van der Waals surface area (Å²) in [4.78, 5) is 24.1. The fourth-order valence-corrected chi connectivity index (χ4v) is 5.48. The highest BCUT2D eigenvalue weighted by molar-refractivity contribution is 7.45. The Labute approximate surface area is 238 Å². The van der Waals surface area contributed by atoms with Gasteiger partial charge in [-0.1, -0.05) is 106 Å². The first kappa shape index (κ1) is 32.2. The second-order valence-electron chi connectivity index (χ2n) is 11.7. The molecule has 3 aromatic carbocycles. The van der Waals surface area contributed by atoms with Crippen LogP contribution in [0.4, 0.5) is 0 Å². The molecule has 0 radical (unpaired) electrons. The van der Waals surface area contributed by atoms with Crippen molar-refractivity contribution in [1.82, 2.24) is 4.90 Å². The fourth-order valence-electron chi connectivity index (χ4n) is 5.48. The van der Waals surface area contributed by atoms with Crippen LogP contribution in [0.3, 0.4) is 0 Å². The van der Waals surface area contributed by atoms with Crippen LogP contribution >= 0.6 is 7.82 Å². The first-order chi connectivity index (χ1) is 18.8. The highest BCUT2D eigenvalue weighted by Gasteiger charge is 2.41. The van der Waals surface area contributed by atoms with Crippen molar-refractivity contribution in [2.75, 3.05) is 19.6 Å². The van der Waals surface area contributed by atoms with Gasteiger partial charge in [0.1, 0.15) is 5.60 Å². The van der Waals surface area contributed by atoms with Crippen molar-refractivity contribution in [1.29, 1.82) is 0 Å². The van der Waals surface area contributed by atoms with Gasteiger partial charge in [0.15, 0.2) is 0 Å². The molecule has 1 unspecified atom stereocenters. The van der Waals surface area contributed by atoms with Gasteiger partial charge >= 0.3 is 7.82 Å². The number of hydrogen-bond donors (Lipinski definition) is 5. The van der Waals surface area contributed by atoms with Gasteiger partial charge < -0.3 is 29.8 Å². The zero-order valence-electron chi connectivity index (χ0n) is 23.7. The molecule has 3 aromatic rings. The maximum absolute atomic E-state index is 12.1. The topological polar surface area (TPSA) is 121 Å². The molecule has 1 aliphatic rings. The van der Waals surface area contributed by atoms with Crippen LogP contribution in [-0.4, -0.2) is 49.4 Å². The van der Waals surface area contributed by atoms with Crippen LogP contribution in [0.25, 0.3) is 0 Å². The van der Waals surface area contributed by atoms with Crippen molar-refractivity contribution < 1.29 is 29.5 Å². The molecule has 7 nitrogen and oxygen atoms in total. The number of aliphatic hydroxyl groups excluding tert-OH is 1. The van der Waals surface area contributed by atoms with Gasteiger partial charge in [-0.3, -0.25) is 0 Å². The van der Waals surface area contributed by atoms with E-state index in [2.05, 4.69) is 74.2 Å². The quantitative estimate of drug-likeness (QED) is 0.227. The first-order valence-electron chi connectivity index (χ1n) is 13.9. The van der Waals surface area contributed by atoms with E-state index in [0.717, 1.165) is 62.0 Å². The molecule has 218 valence electrons. The maximum Gasteiger partial charge on any atom is 0.466 e. The average molecular weight is 570 g/mol. The standard InChI is InChI=1S/C32H41NO2.H3O4P/c1-31(2,3)26-18-16-25(17-19-26)30(34)15-10-22-33-23-20-29(21-24-33)32(35,27-11-6-4-7-12-27)28-13-8-5-9-14-28;1-5(2,3)4/h4-9,11-14,16-19,29-30,34-35H,10,15,20-24H2,1-3H3;(H3,1,2,3,4). The van der Waals surface area contributed by atoms with Crippen LogP contribution in [0.2, 0.25) is 0 Å². The van der Waals surface area contributed by atoms with Gasteiger partial charge in [-0.15, -0.1) is 0 Å². The lowest BCUT2D eigenvalue weighted by molar-refractivity contribution is -0.0146. The number of piperidine rings is 1. The molecule has 4 rings (SSSR count). The Morgan fingerprint density at radius 1 is 0.800 bits per heavy atom. The number of rotatable bonds is 8. The normalized spacial score (nSPS) is 16.2. The first-order valence-corrected chi connectivity index (χ1v) is 15.5. The van der Waals surface area contributed by atoms with E-state index >= 15 is 0 Å². The van der Waals surface area contributed by atoms with Crippen LogP contribution in [-0.2, 0) is 15.6 Å². The number of phosphoric acid groups is 1. The van der Waals surface area contributed by atoms with Gasteiger partial charge in [-0.2, -0.15) is 0 Å². The summed E-state index contributed by atoms with van der Waals surface area (Å²) in [5, 5.41) is 22.8. The average Bonchev–Trinajstić information content (AvgIpc) is 2.92. The Morgan fingerprint density at radius 2 is 1.25 bits per heavy atom. The SMILES string of the molecule is CC(C)(C)c1ccc(C(O)CCCN2CCC(C(O)(c3ccccc3)c3ccccc3)CC2)cc1.O=P(O)(O)O. The van der Waals surface area contributed by atoms with E-state index in [4.69, 9.17) is 19.2 Å². The lowest BCUT2D eigenvalue weighted by Gasteiger charge is -2.42. The van der Waals surface area contributed by atoms with Crippen molar-refractivity contribution in [3.63, 3.8) is 0 Å². The van der Waals surface area contributed by atoms with E-state index in [-0.39, 0.29) is 11.3 Å². The lowest BCUT2D eigenvalue weighted by atomic mass is 9.72. The molecule has 1 aliphatic heterocycles. The summed E-state index contributed by atoms with van der Waals surface area (Å²) in [6.45, 7) is 9.57. The molecule has 0 amide bonds. The molecule has 1 saturated heterocycles. The Morgan fingerprint density at radius 3 is 1.68 bits per heavy atom. The van der Waals surface area contributed by atoms with Crippen LogP contribution in [0, 0.1) is 5.92 Å². The van der Waals surface area contributed by atoms with E-state index in [1.54, 1.807) is 0 Å². The number of benzene rings is 3. The van der Waals surface area contributed by atoms with E-state index < -0.39 is 19.5 Å². The Bertz CT molecular complexity index is 1150. The molecular formula is C32H44NO6P. The third kappa shape index (κ3) is 9.35. The third-order valence-electron chi connectivity index (χ3n) is 7.72. The molecule has 0 spiro atoms. The molecule has 8 heteroatoms. The molecule has 0 bridgehead atoms. The van der Waals surface area contributed by atoms with Gasteiger partial charge in [0, 0.05) is 0 Å². The Balaban J connectivity index is 0.000000810. The predicted octanol–water partition coefficient (Wildman–Crippen LogP) is 5.52. The second-order valence-corrected chi connectivity index (χ2v) is 12.7. The van der Waals surface area contributed by atoms with Gasteiger partial charge in [0.2, 0.25) is 0 Å². The highest BCUT2D eigenvalue weighted by atomic mass is 31.2. The fraction of sp³-hybridized carbons (Fsp3) is 0.438. The van der Waals surface area contributed by atoms with Crippen molar-refractivity contribution in [2.24, 2.45) is 5.92 Å². The lowest BCUT2D eigenvalue weighted by Crippen LogP contribution is -2.44. The third-order valence-corrected chi connectivity index (χ3v) is 7.72. The summed E-state index contributed by atoms with van der Waals surface area (Å²) in [7, 11) is -4.64. The van der Waals surface area contributed by atoms with Gasteiger partial charge in [0.25, 0.3) is 0 Å². The molecule has 0 aliphatic carbocycles. The minimum Gasteiger partial charge on any atom is -0.388 e. The van der Waals surface area contributed by atoms with Crippen LogP contribution in [0.1, 0.15) is 74.8 Å². The summed E-state index contributed by atoms with van der Waals surface area (Å²) < 4.78 is 8.88. The number of hydrogen-bond acceptors (Lipinski definition) is 4. The van der Waals surface area contributed by atoms with Crippen molar-refractivity contribution >= 4 is 7.82 Å². The maximum atomic E-state index is 12.1. The van der Waals surface area contributed by atoms with Crippen molar-refractivity contribution in [3.8, 4) is 0 Å². The summed E-state index contributed by atoms with van der Waals surface area (Å²) in [5.74, 6) is 0.176. The summed E-state index contributed by atoms with van der Waals surface area (Å²) >= 11 is 0. The Hall–Kier alpha value is -2.35. The van der Waals surface area contributed by atoms with Gasteiger partial charge in [-0.05, 0) is 78.9 Å². The zero-order valence-corrected chi connectivity index (χ0v) is 24.6. The summed E-state index contributed by atoms with van der Waals surface area (Å²) in [6.07, 6.45) is 3.23. The van der Waals surface area contributed by atoms with E-state index in [9.17, 15) is 10.2 Å². The molecule has 1 heterocycles. The molecular weight excluding hydrogens is 525 g/mol. The smallest absolute Gasteiger partial charge is 0.388 e. The van der Waals surface area contributed by atoms with E-state index in [0.29, 0.717) is 0 Å².